The van der Waals surface area contributed by atoms with Crippen LogP contribution in [0.5, 0.6) is 11.5 Å². The second-order valence-electron chi connectivity index (χ2n) is 11.1. The van der Waals surface area contributed by atoms with Gasteiger partial charge in [0.15, 0.2) is 11.2 Å². The average molecular weight is 559 g/mol. The molecule has 3 heterocycles. The van der Waals surface area contributed by atoms with Crippen molar-refractivity contribution in [3.05, 3.63) is 40.9 Å². The van der Waals surface area contributed by atoms with Crippen molar-refractivity contribution in [3.8, 4) is 11.5 Å². The first-order valence-electron chi connectivity index (χ1n) is 11.8. The molecule has 0 bridgehead atoms. The average Bonchev–Trinajstić information content (AvgIpc) is 2.97. The van der Waals surface area contributed by atoms with Crippen molar-refractivity contribution >= 4 is 51.7 Å². The minimum Gasteiger partial charge on any atom is -0.476 e. The lowest BCUT2D eigenvalue weighted by Gasteiger charge is -2.32. The van der Waals surface area contributed by atoms with Gasteiger partial charge in [0, 0.05) is 4.47 Å². The molecule has 3 aliphatic heterocycles. The van der Waals surface area contributed by atoms with Crippen LogP contribution in [0.2, 0.25) is 0 Å². The van der Waals surface area contributed by atoms with Crippen LogP contribution in [0.4, 0.5) is 11.4 Å². The quantitative estimate of drug-likeness (QED) is 0.494. The van der Waals surface area contributed by atoms with E-state index < -0.39 is 29.5 Å². The summed E-state index contributed by atoms with van der Waals surface area (Å²) in [7, 11) is -0.456. The topological polar surface area (TPSA) is 95.1 Å². The van der Waals surface area contributed by atoms with Crippen LogP contribution in [0.3, 0.4) is 0 Å². The molecule has 1 fully saturated rings. The van der Waals surface area contributed by atoms with Gasteiger partial charge in [-0.1, -0.05) is 22.0 Å². The molecule has 2 aromatic carbocycles. The van der Waals surface area contributed by atoms with Gasteiger partial charge in [0.05, 0.1) is 22.6 Å². The summed E-state index contributed by atoms with van der Waals surface area (Å²) >= 11 is 3.33. The molecular formula is C26H32BBrN2O6. The number of ether oxygens (including phenoxy) is 2. The molecule has 2 N–H and O–H groups in total. The SMILES string of the molecule is CC1(C)Oc2ccc(B3OC(C)(C)C(C)(C)O3)cc2NC1=O.CC1(C)Oc2ccc(Br)cc2NC1=O. The number of benzene rings is 2. The summed E-state index contributed by atoms with van der Waals surface area (Å²) in [4.78, 5) is 23.6. The minimum atomic E-state index is -0.862. The summed E-state index contributed by atoms with van der Waals surface area (Å²) in [5, 5.41) is 5.68. The second-order valence-corrected chi connectivity index (χ2v) is 12.0. The number of hydrogen-bond donors (Lipinski definition) is 2. The van der Waals surface area contributed by atoms with Gasteiger partial charge < -0.3 is 29.4 Å². The predicted molar refractivity (Wildman–Crippen MR) is 143 cm³/mol. The zero-order chi connectivity index (χ0) is 26.7. The summed E-state index contributed by atoms with van der Waals surface area (Å²) < 4.78 is 24.3. The zero-order valence-electron chi connectivity index (χ0n) is 21.9. The Kier molecular flexibility index (Phi) is 6.47. The molecule has 0 unspecified atom stereocenters. The Morgan fingerprint density at radius 2 is 1.14 bits per heavy atom. The van der Waals surface area contributed by atoms with Crippen LogP contribution in [0.15, 0.2) is 40.9 Å². The Bertz CT molecular complexity index is 1210. The van der Waals surface area contributed by atoms with E-state index in [2.05, 4.69) is 26.6 Å². The highest BCUT2D eigenvalue weighted by Gasteiger charge is 2.52. The highest BCUT2D eigenvalue weighted by molar-refractivity contribution is 9.10. The van der Waals surface area contributed by atoms with Crippen LogP contribution >= 0.6 is 15.9 Å². The molecule has 5 rings (SSSR count). The highest BCUT2D eigenvalue weighted by atomic mass is 79.9. The molecular weight excluding hydrogens is 527 g/mol. The Morgan fingerprint density at radius 3 is 1.64 bits per heavy atom. The van der Waals surface area contributed by atoms with E-state index in [1.165, 1.54) is 0 Å². The number of carbonyl (C=O) groups is 2. The van der Waals surface area contributed by atoms with E-state index in [1.807, 2.05) is 64.1 Å². The van der Waals surface area contributed by atoms with Crippen LogP contribution in [0.25, 0.3) is 0 Å². The maximum atomic E-state index is 12.0. The van der Waals surface area contributed by atoms with Crippen LogP contribution in [-0.4, -0.2) is 41.3 Å². The normalized spacial score (nSPS) is 22.0. The lowest BCUT2D eigenvalue weighted by atomic mass is 9.78. The largest absolute Gasteiger partial charge is 0.494 e. The van der Waals surface area contributed by atoms with Gasteiger partial charge in [-0.2, -0.15) is 0 Å². The monoisotopic (exact) mass is 558 g/mol. The van der Waals surface area contributed by atoms with Gasteiger partial charge in [-0.3, -0.25) is 9.59 Å². The first-order chi connectivity index (χ1) is 16.5. The number of amides is 2. The van der Waals surface area contributed by atoms with E-state index in [4.69, 9.17) is 18.8 Å². The van der Waals surface area contributed by atoms with Crippen LogP contribution in [0.1, 0.15) is 55.4 Å². The summed E-state index contributed by atoms with van der Waals surface area (Å²) in [6.07, 6.45) is 0. The number of nitrogens with one attached hydrogen (secondary N) is 2. The standard InChI is InChI=1S/C16H22BNO4.C10H10BrNO2/c1-14(2)13(19)18-11-9-10(7-8-12(11)20-14)17-21-15(3,4)16(5,6)22-17;1-10(2)9(13)12-7-5-6(11)3-4-8(7)14-10/h7-9H,1-6H3,(H,18,19);3-5H,1-2H3,(H,12,13). The molecule has 0 saturated carbocycles. The Balaban J connectivity index is 0.000000187. The van der Waals surface area contributed by atoms with Crippen LogP contribution in [-0.2, 0) is 18.9 Å². The first kappa shape index (κ1) is 26.5. The molecule has 2 aromatic rings. The zero-order valence-corrected chi connectivity index (χ0v) is 23.5. The fraction of sp³-hybridized carbons (Fsp3) is 0.462. The van der Waals surface area contributed by atoms with Crippen molar-refractivity contribution in [1.29, 1.82) is 0 Å². The molecule has 0 spiro atoms. The third-order valence-corrected chi connectivity index (χ3v) is 7.28. The number of hydrogen-bond acceptors (Lipinski definition) is 6. The molecule has 10 heteroatoms. The van der Waals surface area contributed by atoms with Gasteiger partial charge in [0.2, 0.25) is 0 Å². The Labute approximate surface area is 220 Å². The molecule has 2 amide bonds. The third kappa shape index (κ3) is 4.99. The van der Waals surface area contributed by atoms with Gasteiger partial charge in [-0.25, -0.2) is 0 Å². The fourth-order valence-electron chi connectivity index (χ4n) is 3.74. The number of anilines is 2. The van der Waals surface area contributed by atoms with Gasteiger partial charge in [-0.05, 0) is 91.2 Å². The lowest BCUT2D eigenvalue weighted by molar-refractivity contribution is -0.130. The maximum Gasteiger partial charge on any atom is 0.494 e. The number of halogens is 1. The fourth-order valence-corrected chi connectivity index (χ4v) is 4.10. The van der Waals surface area contributed by atoms with Crippen molar-refractivity contribution in [1.82, 2.24) is 0 Å². The first-order valence-corrected chi connectivity index (χ1v) is 12.6. The van der Waals surface area contributed by atoms with Crippen molar-refractivity contribution in [2.75, 3.05) is 10.6 Å². The lowest BCUT2D eigenvalue weighted by Crippen LogP contribution is -2.46. The predicted octanol–water partition coefficient (Wildman–Crippen LogP) is 4.65. The Morgan fingerprint density at radius 1 is 0.694 bits per heavy atom. The summed E-state index contributed by atoms with van der Waals surface area (Å²) in [6, 6.07) is 11.1. The number of carbonyl (C=O) groups excluding carboxylic acids is 2. The third-order valence-electron chi connectivity index (χ3n) is 6.79. The molecule has 0 aromatic heterocycles. The molecule has 8 nitrogen and oxygen atoms in total. The van der Waals surface area contributed by atoms with Gasteiger partial charge >= 0.3 is 7.12 Å². The number of rotatable bonds is 1. The highest BCUT2D eigenvalue weighted by Crippen LogP contribution is 2.38. The van der Waals surface area contributed by atoms with Crippen molar-refractivity contribution < 1.29 is 28.4 Å². The van der Waals surface area contributed by atoms with Crippen molar-refractivity contribution in [2.24, 2.45) is 0 Å². The van der Waals surface area contributed by atoms with Gasteiger partial charge in [-0.15, -0.1) is 0 Å². The van der Waals surface area contributed by atoms with E-state index in [1.54, 1.807) is 27.7 Å². The molecule has 36 heavy (non-hydrogen) atoms. The smallest absolute Gasteiger partial charge is 0.476 e. The molecule has 3 aliphatic rings. The second kappa shape index (κ2) is 8.78. The molecule has 1 saturated heterocycles. The van der Waals surface area contributed by atoms with Gasteiger partial charge in [0.25, 0.3) is 11.8 Å². The van der Waals surface area contributed by atoms with E-state index in [0.717, 1.165) is 9.94 Å². The number of fused-ring (bicyclic) bond motifs is 2. The van der Waals surface area contributed by atoms with E-state index in [-0.39, 0.29) is 11.8 Å². The van der Waals surface area contributed by atoms with E-state index >= 15 is 0 Å². The van der Waals surface area contributed by atoms with Crippen LogP contribution in [0, 0.1) is 0 Å². The summed E-state index contributed by atoms with van der Waals surface area (Å²) in [5.74, 6) is 1.08. The Hall–Kier alpha value is -2.56. The molecule has 0 radical (unpaired) electrons. The summed E-state index contributed by atoms with van der Waals surface area (Å²) in [5.41, 5.74) is -0.217. The molecule has 0 atom stereocenters. The molecule has 0 aliphatic carbocycles. The van der Waals surface area contributed by atoms with Crippen molar-refractivity contribution in [2.45, 2.75) is 77.8 Å². The van der Waals surface area contributed by atoms with Crippen molar-refractivity contribution in [3.63, 3.8) is 0 Å². The van der Waals surface area contributed by atoms with Crippen LogP contribution < -0.4 is 25.6 Å². The van der Waals surface area contributed by atoms with E-state index in [9.17, 15) is 9.59 Å². The summed E-state index contributed by atoms with van der Waals surface area (Å²) in [6.45, 7) is 15.0. The molecule has 192 valence electrons. The van der Waals surface area contributed by atoms with E-state index in [0.29, 0.717) is 22.9 Å². The van der Waals surface area contributed by atoms with Gasteiger partial charge in [0.1, 0.15) is 11.5 Å². The minimum absolute atomic E-state index is 0.122. The maximum absolute atomic E-state index is 12.0.